The van der Waals surface area contributed by atoms with E-state index in [9.17, 15) is 13.6 Å². The Balaban J connectivity index is 1.57. The summed E-state index contributed by atoms with van der Waals surface area (Å²) in [5.41, 5.74) is 1.37. The second-order valence-electron chi connectivity index (χ2n) is 8.19. The molecule has 3 aromatic rings. The number of benzene rings is 2. The van der Waals surface area contributed by atoms with Crippen LogP contribution in [0.2, 0.25) is 0 Å². The molecule has 4 rings (SSSR count). The quantitative estimate of drug-likeness (QED) is 0.539. The molecule has 7 heteroatoms. The zero-order valence-corrected chi connectivity index (χ0v) is 18.1. The molecule has 2 atom stereocenters. The Morgan fingerprint density at radius 1 is 1.19 bits per heavy atom. The minimum Gasteiger partial charge on any atom is -0.489 e. The average Bonchev–Trinajstić information content (AvgIpc) is 3.51. The molecular weight excluding hydrogens is 412 g/mol. The van der Waals surface area contributed by atoms with E-state index in [1.807, 2.05) is 13.0 Å². The Morgan fingerprint density at radius 2 is 1.97 bits per heavy atom. The maximum Gasteiger partial charge on any atom is 0.228 e. The van der Waals surface area contributed by atoms with E-state index in [2.05, 4.69) is 22.2 Å². The van der Waals surface area contributed by atoms with Crippen LogP contribution >= 0.6 is 0 Å². The number of ether oxygens (including phenoxy) is 1. The second kappa shape index (κ2) is 9.02. The minimum atomic E-state index is -0.666. The van der Waals surface area contributed by atoms with Gasteiger partial charge in [0.2, 0.25) is 5.91 Å². The van der Waals surface area contributed by atoms with Crippen LogP contribution in [0.5, 0.6) is 5.75 Å². The van der Waals surface area contributed by atoms with Crippen molar-refractivity contribution in [1.29, 1.82) is 0 Å². The fourth-order valence-electron chi connectivity index (χ4n) is 4.02. The number of carbonyl (C=O) groups is 1. The summed E-state index contributed by atoms with van der Waals surface area (Å²) in [6.07, 6.45) is 3.83. The SMILES string of the molecule is CCCc1nc(C)ncc1OC[C@@]1(c2cccc(F)c2)C[C@H]1C(=O)Nc1ccc(F)cc1. The molecule has 0 radical (unpaired) electrons. The molecule has 0 aliphatic heterocycles. The Kier molecular flexibility index (Phi) is 6.17. The number of carbonyl (C=O) groups excluding carboxylic acids is 1. The van der Waals surface area contributed by atoms with Crippen LogP contribution in [0.25, 0.3) is 0 Å². The van der Waals surface area contributed by atoms with E-state index in [1.165, 1.54) is 36.4 Å². The molecule has 1 amide bonds. The summed E-state index contributed by atoms with van der Waals surface area (Å²) < 4.78 is 33.3. The molecule has 1 aliphatic rings. The molecule has 166 valence electrons. The van der Waals surface area contributed by atoms with Crippen molar-refractivity contribution in [2.24, 2.45) is 5.92 Å². The van der Waals surface area contributed by atoms with Crippen LogP contribution in [0.1, 0.15) is 36.8 Å². The van der Waals surface area contributed by atoms with Crippen molar-refractivity contribution in [3.63, 3.8) is 0 Å². The molecule has 1 fully saturated rings. The molecule has 1 heterocycles. The summed E-state index contributed by atoms with van der Waals surface area (Å²) in [6.45, 7) is 4.08. The van der Waals surface area contributed by atoms with E-state index < -0.39 is 11.3 Å². The molecule has 0 spiro atoms. The van der Waals surface area contributed by atoms with Gasteiger partial charge in [-0.2, -0.15) is 0 Å². The van der Waals surface area contributed by atoms with E-state index in [4.69, 9.17) is 4.74 Å². The predicted molar refractivity (Wildman–Crippen MR) is 117 cm³/mol. The number of nitrogens with one attached hydrogen (secondary N) is 1. The van der Waals surface area contributed by atoms with E-state index in [-0.39, 0.29) is 24.1 Å². The summed E-state index contributed by atoms with van der Waals surface area (Å²) in [5, 5.41) is 2.83. The lowest BCUT2D eigenvalue weighted by Gasteiger charge is -2.20. The van der Waals surface area contributed by atoms with Crippen LogP contribution in [0.3, 0.4) is 0 Å². The monoisotopic (exact) mass is 437 g/mol. The number of rotatable bonds is 8. The number of aromatic nitrogens is 2. The largest absolute Gasteiger partial charge is 0.489 e. The van der Waals surface area contributed by atoms with E-state index >= 15 is 0 Å². The van der Waals surface area contributed by atoms with Crippen molar-refractivity contribution in [1.82, 2.24) is 9.97 Å². The molecule has 0 bridgehead atoms. The predicted octanol–water partition coefficient (Wildman–Crippen LogP) is 4.99. The summed E-state index contributed by atoms with van der Waals surface area (Å²) in [6, 6.07) is 11.9. The van der Waals surface area contributed by atoms with Gasteiger partial charge in [-0.25, -0.2) is 18.7 Å². The average molecular weight is 437 g/mol. The van der Waals surface area contributed by atoms with Gasteiger partial charge in [0.1, 0.15) is 17.5 Å². The van der Waals surface area contributed by atoms with Gasteiger partial charge in [-0.15, -0.1) is 0 Å². The number of nitrogens with zero attached hydrogens (tertiary/aromatic N) is 2. The van der Waals surface area contributed by atoms with Gasteiger partial charge in [-0.3, -0.25) is 4.79 Å². The zero-order valence-electron chi connectivity index (χ0n) is 18.1. The minimum absolute atomic E-state index is 0.196. The molecule has 5 nitrogen and oxygen atoms in total. The summed E-state index contributed by atoms with van der Waals surface area (Å²) in [7, 11) is 0. The number of aryl methyl sites for hydroxylation is 2. The molecule has 1 aliphatic carbocycles. The fraction of sp³-hybridized carbons (Fsp3) is 0.320. The number of hydrogen-bond acceptors (Lipinski definition) is 4. The highest BCUT2D eigenvalue weighted by Gasteiger charge is 2.60. The smallest absolute Gasteiger partial charge is 0.228 e. The van der Waals surface area contributed by atoms with Crippen LogP contribution in [-0.4, -0.2) is 22.5 Å². The van der Waals surface area contributed by atoms with Crippen LogP contribution in [0.4, 0.5) is 14.5 Å². The number of amides is 1. The molecule has 1 N–H and O–H groups in total. The molecule has 0 unspecified atom stereocenters. The van der Waals surface area contributed by atoms with Crippen LogP contribution in [0, 0.1) is 24.5 Å². The van der Waals surface area contributed by atoms with Crippen LogP contribution < -0.4 is 10.1 Å². The topological polar surface area (TPSA) is 64.1 Å². The molecule has 1 aromatic heterocycles. The van der Waals surface area contributed by atoms with Crippen molar-refractivity contribution in [3.05, 3.63) is 83.4 Å². The molecule has 2 aromatic carbocycles. The first kappa shape index (κ1) is 21.9. The van der Waals surface area contributed by atoms with Gasteiger partial charge in [-0.05, 0) is 61.7 Å². The maximum absolute atomic E-state index is 14.0. The van der Waals surface area contributed by atoms with Gasteiger partial charge in [0, 0.05) is 11.1 Å². The molecule has 32 heavy (non-hydrogen) atoms. The first-order chi connectivity index (χ1) is 15.4. The highest BCUT2D eigenvalue weighted by Crippen LogP contribution is 2.55. The van der Waals surface area contributed by atoms with Gasteiger partial charge in [0.05, 0.1) is 24.4 Å². The Hall–Kier alpha value is -3.35. The normalized spacial score (nSPS) is 19.4. The third-order valence-corrected chi connectivity index (χ3v) is 5.82. The summed E-state index contributed by atoms with van der Waals surface area (Å²) in [5.74, 6) is -0.105. The fourth-order valence-corrected chi connectivity index (χ4v) is 4.02. The number of hydrogen-bond donors (Lipinski definition) is 1. The zero-order chi connectivity index (χ0) is 22.7. The van der Waals surface area contributed by atoms with Gasteiger partial charge in [-0.1, -0.05) is 25.5 Å². The van der Waals surface area contributed by atoms with E-state index in [1.54, 1.807) is 12.3 Å². The van der Waals surface area contributed by atoms with Crippen LogP contribution in [-0.2, 0) is 16.6 Å². The maximum atomic E-state index is 14.0. The Bertz CT molecular complexity index is 1120. The van der Waals surface area contributed by atoms with Crippen LogP contribution in [0.15, 0.2) is 54.7 Å². The molecule has 1 saturated carbocycles. The van der Waals surface area contributed by atoms with Crippen molar-refractivity contribution >= 4 is 11.6 Å². The van der Waals surface area contributed by atoms with Crippen molar-refractivity contribution in [2.45, 2.75) is 38.5 Å². The van der Waals surface area contributed by atoms with Crippen molar-refractivity contribution in [2.75, 3.05) is 11.9 Å². The lowest BCUT2D eigenvalue weighted by Crippen LogP contribution is -2.27. The summed E-state index contributed by atoms with van der Waals surface area (Å²) >= 11 is 0. The Morgan fingerprint density at radius 3 is 2.69 bits per heavy atom. The lowest BCUT2D eigenvalue weighted by atomic mass is 9.93. The highest BCUT2D eigenvalue weighted by molar-refractivity contribution is 5.96. The van der Waals surface area contributed by atoms with E-state index in [0.29, 0.717) is 29.2 Å². The van der Waals surface area contributed by atoms with Gasteiger partial charge in [0.25, 0.3) is 0 Å². The first-order valence-corrected chi connectivity index (χ1v) is 10.7. The molecular formula is C25H25F2N3O2. The van der Waals surface area contributed by atoms with E-state index in [0.717, 1.165) is 18.5 Å². The van der Waals surface area contributed by atoms with Gasteiger partial charge in [0.15, 0.2) is 5.75 Å². The number of anilines is 1. The standard InChI is InChI=1S/C25H25F2N3O2/c1-3-5-22-23(14-28-16(2)29-22)32-15-25(17-6-4-7-19(27)12-17)13-21(25)24(31)30-20-10-8-18(26)9-11-20/h4,6-12,14,21H,3,5,13,15H2,1-2H3,(H,30,31)/t21-,25+/m0/s1. The highest BCUT2D eigenvalue weighted by atomic mass is 19.1. The van der Waals surface area contributed by atoms with Gasteiger partial charge >= 0.3 is 0 Å². The second-order valence-corrected chi connectivity index (χ2v) is 8.19. The first-order valence-electron chi connectivity index (χ1n) is 10.7. The third-order valence-electron chi connectivity index (χ3n) is 5.82. The van der Waals surface area contributed by atoms with Crippen molar-refractivity contribution in [3.8, 4) is 5.75 Å². The molecule has 0 saturated heterocycles. The Labute approximate surface area is 185 Å². The summed E-state index contributed by atoms with van der Waals surface area (Å²) in [4.78, 5) is 21.7. The van der Waals surface area contributed by atoms with Gasteiger partial charge < -0.3 is 10.1 Å². The third kappa shape index (κ3) is 4.61. The lowest BCUT2D eigenvalue weighted by molar-refractivity contribution is -0.117. The number of halogens is 2. The van der Waals surface area contributed by atoms with Crippen molar-refractivity contribution < 1.29 is 18.3 Å².